The van der Waals surface area contributed by atoms with E-state index in [0.29, 0.717) is 23.5 Å². The fraction of sp³-hybridized carbons (Fsp3) is 0.318. The number of ketones is 1. The van der Waals surface area contributed by atoms with Crippen molar-refractivity contribution < 1.29 is 19.1 Å². The number of esters is 1. The number of fused-ring (bicyclic) bond motifs is 1. The van der Waals surface area contributed by atoms with E-state index in [2.05, 4.69) is 22.5 Å². The zero-order valence-corrected chi connectivity index (χ0v) is 18.6. The van der Waals surface area contributed by atoms with Crippen LogP contribution in [0.15, 0.2) is 29.0 Å². The first kappa shape index (κ1) is 20.6. The normalized spacial score (nSPS) is 15.7. The summed E-state index contributed by atoms with van der Waals surface area (Å²) in [5.41, 5.74) is 2.73. The van der Waals surface area contributed by atoms with Gasteiger partial charge in [0.15, 0.2) is 5.78 Å². The molecule has 6 nitrogen and oxygen atoms in total. The number of Topliss-reactive ketones (excluding diaryl/α,β-unsaturated/α-hetero) is 1. The molecular formula is C22H22N2O4S2. The highest BCUT2D eigenvalue weighted by Gasteiger charge is 2.34. The minimum atomic E-state index is -0.548. The van der Waals surface area contributed by atoms with E-state index in [4.69, 9.17) is 4.74 Å². The lowest BCUT2D eigenvalue weighted by Crippen LogP contribution is -2.40. The lowest BCUT2D eigenvalue weighted by Gasteiger charge is -2.35. The summed E-state index contributed by atoms with van der Waals surface area (Å²) in [6.45, 7) is 3.74. The van der Waals surface area contributed by atoms with Crippen LogP contribution < -0.4 is 0 Å². The molecule has 1 aliphatic heterocycles. The third-order valence-corrected chi connectivity index (χ3v) is 7.42. The Labute approximate surface area is 182 Å². The van der Waals surface area contributed by atoms with Crippen LogP contribution in [0.25, 0.3) is 0 Å². The van der Waals surface area contributed by atoms with Crippen LogP contribution in [0.1, 0.15) is 60.4 Å². The molecule has 3 aromatic rings. The minimum absolute atomic E-state index is 0.000100. The van der Waals surface area contributed by atoms with Crippen LogP contribution in [0.4, 0.5) is 0 Å². The number of aromatic nitrogens is 1. The summed E-state index contributed by atoms with van der Waals surface area (Å²) in [5, 5.41) is 4.09. The van der Waals surface area contributed by atoms with Gasteiger partial charge in [0.05, 0.1) is 30.8 Å². The van der Waals surface area contributed by atoms with Crippen molar-refractivity contribution in [2.45, 2.75) is 32.7 Å². The summed E-state index contributed by atoms with van der Waals surface area (Å²) in [5.74, 6) is -0.826. The SMILES string of the molecule is COC(=O)c1c(CC(=O)N2CCc3sccc3C2c2cccs2)[nH]c(C(C)=O)c1C. The molecule has 1 atom stereocenters. The number of ether oxygens (including phenoxy) is 1. The highest BCUT2D eigenvalue weighted by Crippen LogP contribution is 2.39. The van der Waals surface area contributed by atoms with Crippen LogP contribution >= 0.6 is 22.7 Å². The molecule has 0 radical (unpaired) electrons. The van der Waals surface area contributed by atoms with Gasteiger partial charge in [0.2, 0.25) is 5.91 Å². The quantitative estimate of drug-likeness (QED) is 0.475. The van der Waals surface area contributed by atoms with Crippen LogP contribution in [0.5, 0.6) is 0 Å². The van der Waals surface area contributed by atoms with Crippen LogP contribution in [0.2, 0.25) is 0 Å². The Bertz CT molecular complexity index is 1110. The van der Waals surface area contributed by atoms with E-state index in [1.807, 2.05) is 16.3 Å². The number of aromatic amines is 1. The number of hydrogen-bond donors (Lipinski definition) is 1. The van der Waals surface area contributed by atoms with Crippen molar-refractivity contribution in [1.29, 1.82) is 0 Å². The van der Waals surface area contributed by atoms with E-state index in [1.165, 1.54) is 24.5 Å². The molecule has 1 unspecified atom stereocenters. The maximum Gasteiger partial charge on any atom is 0.339 e. The number of carbonyl (C=O) groups excluding carboxylic acids is 3. The Hall–Kier alpha value is -2.71. The molecule has 0 aromatic carbocycles. The third-order valence-electron chi connectivity index (χ3n) is 5.50. The summed E-state index contributed by atoms with van der Waals surface area (Å²) in [6, 6.07) is 6.01. The van der Waals surface area contributed by atoms with E-state index < -0.39 is 5.97 Å². The molecule has 1 N–H and O–H groups in total. The van der Waals surface area contributed by atoms with Gasteiger partial charge in [-0.05, 0) is 47.4 Å². The molecule has 1 aliphatic rings. The van der Waals surface area contributed by atoms with E-state index in [9.17, 15) is 14.4 Å². The van der Waals surface area contributed by atoms with Crippen molar-refractivity contribution in [2.24, 2.45) is 0 Å². The number of hydrogen-bond acceptors (Lipinski definition) is 6. The van der Waals surface area contributed by atoms with Crippen LogP contribution in [-0.4, -0.2) is 41.2 Å². The molecule has 8 heteroatoms. The zero-order valence-electron chi connectivity index (χ0n) is 17.0. The van der Waals surface area contributed by atoms with E-state index in [-0.39, 0.29) is 29.7 Å². The van der Waals surface area contributed by atoms with Crippen LogP contribution in [0.3, 0.4) is 0 Å². The Morgan fingerprint density at radius 3 is 2.70 bits per heavy atom. The van der Waals surface area contributed by atoms with Gasteiger partial charge in [0.1, 0.15) is 0 Å². The lowest BCUT2D eigenvalue weighted by molar-refractivity contribution is -0.132. The summed E-state index contributed by atoms with van der Waals surface area (Å²) in [7, 11) is 1.30. The van der Waals surface area contributed by atoms with E-state index in [0.717, 1.165) is 11.3 Å². The van der Waals surface area contributed by atoms with Gasteiger partial charge in [0.25, 0.3) is 0 Å². The predicted octanol–water partition coefficient (Wildman–Crippen LogP) is 4.15. The second-order valence-electron chi connectivity index (χ2n) is 7.26. The molecule has 0 saturated heterocycles. The van der Waals surface area contributed by atoms with Gasteiger partial charge in [-0.15, -0.1) is 22.7 Å². The molecule has 4 heterocycles. The smallest absolute Gasteiger partial charge is 0.339 e. The van der Waals surface area contributed by atoms with Gasteiger partial charge in [0, 0.05) is 28.9 Å². The Morgan fingerprint density at radius 1 is 1.23 bits per heavy atom. The molecule has 3 aromatic heterocycles. The molecule has 0 aliphatic carbocycles. The van der Waals surface area contributed by atoms with Gasteiger partial charge in [-0.1, -0.05) is 6.07 Å². The van der Waals surface area contributed by atoms with Crippen LogP contribution in [0, 0.1) is 6.92 Å². The minimum Gasteiger partial charge on any atom is -0.465 e. The zero-order chi connectivity index (χ0) is 21.4. The molecule has 0 saturated carbocycles. The van der Waals surface area contributed by atoms with Crippen molar-refractivity contribution in [1.82, 2.24) is 9.88 Å². The van der Waals surface area contributed by atoms with Crippen LogP contribution in [-0.2, 0) is 22.4 Å². The number of amides is 1. The van der Waals surface area contributed by atoms with E-state index in [1.54, 1.807) is 29.6 Å². The summed E-state index contributed by atoms with van der Waals surface area (Å²) in [6.07, 6.45) is 0.812. The second kappa shape index (κ2) is 8.20. The Balaban J connectivity index is 1.69. The average molecular weight is 443 g/mol. The monoisotopic (exact) mass is 442 g/mol. The van der Waals surface area contributed by atoms with Crippen molar-refractivity contribution in [3.05, 3.63) is 66.8 Å². The maximum atomic E-state index is 13.4. The third kappa shape index (κ3) is 3.50. The summed E-state index contributed by atoms with van der Waals surface area (Å²) in [4.78, 5) is 45.1. The first-order valence-corrected chi connectivity index (χ1v) is 11.4. The standard InChI is InChI=1S/C22H22N2O4S2/c1-12-19(22(27)28-3)15(23-20(12)13(2)25)11-18(26)24-8-6-16-14(7-10-30-16)21(24)17-5-4-9-29-17/h4-5,7,9-10,21,23H,6,8,11H2,1-3H3. The maximum absolute atomic E-state index is 13.4. The van der Waals surface area contributed by atoms with Crippen molar-refractivity contribution in [3.63, 3.8) is 0 Å². The highest BCUT2D eigenvalue weighted by atomic mass is 32.1. The number of thiophene rings is 2. The molecule has 30 heavy (non-hydrogen) atoms. The number of nitrogens with one attached hydrogen (secondary N) is 1. The van der Waals surface area contributed by atoms with Gasteiger partial charge in [-0.3, -0.25) is 9.59 Å². The summed E-state index contributed by atoms with van der Waals surface area (Å²) < 4.78 is 4.90. The van der Waals surface area contributed by atoms with Gasteiger partial charge >= 0.3 is 5.97 Å². The first-order chi connectivity index (χ1) is 14.4. The number of carbonyl (C=O) groups is 3. The molecule has 0 fully saturated rings. The molecule has 0 bridgehead atoms. The molecule has 0 spiro atoms. The van der Waals surface area contributed by atoms with Crippen molar-refractivity contribution in [3.8, 4) is 0 Å². The number of rotatable bonds is 5. The number of methoxy groups -OCH3 is 1. The largest absolute Gasteiger partial charge is 0.465 e. The second-order valence-corrected chi connectivity index (χ2v) is 9.24. The van der Waals surface area contributed by atoms with E-state index >= 15 is 0 Å². The molecular weight excluding hydrogens is 420 g/mol. The average Bonchev–Trinajstić information content (AvgIpc) is 3.46. The fourth-order valence-corrected chi connectivity index (χ4v) is 5.87. The highest BCUT2D eigenvalue weighted by molar-refractivity contribution is 7.10. The predicted molar refractivity (Wildman–Crippen MR) is 116 cm³/mol. The first-order valence-electron chi connectivity index (χ1n) is 9.62. The Kier molecular flexibility index (Phi) is 5.62. The fourth-order valence-electron chi connectivity index (χ4n) is 4.11. The molecule has 4 rings (SSSR count). The van der Waals surface area contributed by atoms with Crippen molar-refractivity contribution >= 4 is 40.3 Å². The van der Waals surface area contributed by atoms with Crippen molar-refractivity contribution in [2.75, 3.05) is 13.7 Å². The van der Waals surface area contributed by atoms with Gasteiger partial charge < -0.3 is 14.6 Å². The number of H-pyrrole nitrogens is 1. The topological polar surface area (TPSA) is 79.5 Å². The lowest BCUT2D eigenvalue weighted by atomic mass is 9.97. The summed E-state index contributed by atoms with van der Waals surface area (Å²) >= 11 is 3.35. The molecule has 156 valence electrons. The van der Waals surface area contributed by atoms with Gasteiger partial charge in [-0.25, -0.2) is 4.79 Å². The Morgan fingerprint density at radius 2 is 2.03 bits per heavy atom. The molecule has 1 amide bonds. The van der Waals surface area contributed by atoms with Gasteiger partial charge in [-0.2, -0.15) is 0 Å². The number of nitrogens with zero attached hydrogens (tertiary/aromatic N) is 1.